The Labute approximate surface area is 94.8 Å². The average molecular weight is 224 g/mol. The zero-order chi connectivity index (χ0) is 12.1. The minimum Gasteiger partial charge on any atom is -0.493 e. The zero-order valence-corrected chi connectivity index (χ0v) is 9.74. The van der Waals surface area contributed by atoms with Gasteiger partial charge in [0.2, 0.25) is 0 Å². The fraction of sp³-hybridized carbons (Fsp3) is 0.417. The van der Waals surface area contributed by atoms with E-state index >= 15 is 0 Å². The number of hydrogen-bond acceptors (Lipinski definition) is 3. The Morgan fingerprint density at radius 1 is 1.31 bits per heavy atom. The van der Waals surface area contributed by atoms with Gasteiger partial charge in [-0.25, -0.2) is 4.79 Å². The highest BCUT2D eigenvalue weighted by atomic mass is 16.5. The third-order valence-corrected chi connectivity index (χ3v) is 2.31. The van der Waals surface area contributed by atoms with E-state index in [1.165, 1.54) is 14.2 Å². The van der Waals surface area contributed by atoms with Crippen LogP contribution in [0.5, 0.6) is 11.5 Å². The molecule has 4 heteroatoms. The first-order chi connectivity index (χ1) is 7.63. The van der Waals surface area contributed by atoms with Crippen LogP contribution in [0.4, 0.5) is 0 Å². The Bertz CT molecular complexity index is 385. The van der Waals surface area contributed by atoms with Crippen molar-refractivity contribution in [2.24, 2.45) is 0 Å². The van der Waals surface area contributed by atoms with Gasteiger partial charge >= 0.3 is 5.97 Å². The highest BCUT2D eigenvalue weighted by Gasteiger charge is 2.17. The summed E-state index contributed by atoms with van der Waals surface area (Å²) in [6.07, 6.45) is 1.77. The van der Waals surface area contributed by atoms with Gasteiger partial charge < -0.3 is 14.6 Å². The summed E-state index contributed by atoms with van der Waals surface area (Å²) in [5.74, 6) is -0.270. The summed E-state index contributed by atoms with van der Waals surface area (Å²) < 4.78 is 10.2. The molecule has 0 aliphatic heterocycles. The van der Waals surface area contributed by atoms with Crippen LogP contribution in [0.25, 0.3) is 0 Å². The molecule has 0 atom stereocenters. The summed E-state index contributed by atoms with van der Waals surface area (Å²) in [7, 11) is 2.93. The van der Waals surface area contributed by atoms with Gasteiger partial charge in [0, 0.05) is 0 Å². The van der Waals surface area contributed by atoms with Gasteiger partial charge in [0.25, 0.3) is 0 Å². The molecule has 0 unspecified atom stereocenters. The standard InChI is InChI=1S/C12H16O4/c1-4-5-8-6-9(12(13)14)11(16-3)10(7-8)15-2/h6-7H,4-5H2,1-3H3,(H,13,14). The SMILES string of the molecule is CCCc1cc(OC)c(OC)c(C(=O)O)c1. The van der Waals surface area contributed by atoms with Gasteiger partial charge in [-0.15, -0.1) is 0 Å². The van der Waals surface area contributed by atoms with Crippen molar-refractivity contribution in [1.82, 2.24) is 0 Å². The Morgan fingerprint density at radius 2 is 2.00 bits per heavy atom. The largest absolute Gasteiger partial charge is 0.493 e. The number of benzene rings is 1. The number of carbonyl (C=O) groups is 1. The normalized spacial score (nSPS) is 9.94. The average Bonchev–Trinajstić information content (AvgIpc) is 2.28. The first-order valence-electron chi connectivity index (χ1n) is 5.12. The van der Waals surface area contributed by atoms with E-state index in [9.17, 15) is 4.79 Å². The van der Waals surface area contributed by atoms with Crippen LogP contribution in [-0.4, -0.2) is 25.3 Å². The molecular weight excluding hydrogens is 208 g/mol. The van der Waals surface area contributed by atoms with Crippen molar-refractivity contribution in [2.45, 2.75) is 19.8 Å². The molecule has 0 saturated heterocycles. The maximum absolute atomic E-state index is 11.1. The van der Waals surface area contributed by atoms with Crippen molar-refractivity contribution in [2.75, 3.05) is 14.2 Å². The van der Waals surface area contributed by atoms with Crippen LogP contribution in [0.15, 0.2) is 12.1 Å². The number of carboxylic acid groups (broad SMARTS) is 1. The Morgan fingerprint density at radius 3 is 2.44 bits per heavy atom. The van der Waals surface area contributed by atoms with E-state index in [2.05, 4.69) is 0 Å². The van der Waals surface area contributed by atoms with Gasteiger partial charge in [-0.05, 0) is 24.1 Å². The third-order valence-electron chi connectivity index (χ3n) is 2.31. The first-order valence-corrected chi connectivity index (χ1v) is 5.12. The summed E-state index contributed by atoms with van der Waals surface area (Å²) in [5, 5.41) is 9.07. The van der Waals surface area contributed by atoms with Crippen LogP contribution >= 0.6 is 0 Å². The van der Waals surface area contributed by atoms with Crippen molar-refractivity contribution in [3.05, 3.63) is 23.3 Å². The molecule has 0 aliphatic carbocycles. The molecule has 1 rings (SSSR count). The van der Waals surface area contributed by atoms with Crippen molar-refractivity contribution < 1.29 is 19.4 Å². The number of rotatable bonds is 5. The number of carboxylic acids is 1. The zero-order valence-electron chi connectivity index (χ0n) is 9.74. The lowest BCUT2D eigenvalue weighted by atomic mass is 10.0. The summed E-state index contributed by atoms with van der Waals surface area (Å²) in [6, 6.07) is 3.45. The summed E-state index contributed by atoms with van der Waals surface area (Å²) in [6.45, 7) is 2.04. The number of hydrogen-bond donors (Lipinski definition) is 1. The maximum atomic E-state index is 11.1. The third kappa shape index (κ3) is 2.45. The van der Waals surface area contributed by atoms with Gasteiger partial charge in [-0.2, -0.15) is 0 Å². The molecule has 0 heterocycles. The van der Waals surface area contributed by atoms with Crippen LogP contribution in [0.3, 0.4) is 0 Å². The number of aromatic carboxylic acids is 1. The van der Waals surface area contributed by atoms with E-state index in [0.29, 0.717) is 5.75 Å². The van der Waals surface area contributed by atoms with E-state index in [0.717, 1.165) is 18.4 Å². The number of ether oxygens (including phenoxy) is 2. The second-order valence-electron chi connectivity index (χ2n) is 3.43. The molecule has 0 fully saturated rings. The Kier molecular flexibility index (Phi) is 4.17. The van der Waals surface area contributed by atoms with Gasteiger partial charge in [0.05, 0.1) is 14.2 Å². The second kappa shape index (κ2) is 5.39. The van der Waals surface area contributed by atoms with Gasteiger partial charge in [-0.1, -0.05) is 13.3 Å². The van der Waals surface area contributed by atoms with Crippen molar-refractivity contribution in [3.63, 3.8) is 0 Å². The smallest absolute Gasteiger partial charge is 0.339 e. The highest BCUT2D eigenvalue weighted by Crippen LogP contribution is 2.32. The molecule has 1 N–H and O–H groups in total. The van der Waals surface area contributed by atoms with Crippen LogP contribution in [0, 0.1) is 0 Å². The molecule has 0 aliphatic rings. The van der Waals surface area contributed by atoms with Crippen molar-refractivity contribution in [3.8, 4) is 11.5 Å². The van der Waals surface area contributed by atoms with E-state index in [1.54, 1.807) is 6.07 Å². The van der Waals surface area contributed by atoms with Crippen LogP contribution in [-0.2, 0) is 6.42 Å². The molecule has 0 radical (unpaired) electrons. The maximum Gasteiger partial charge on any atom is 0.339 e. The van der Waals surface area contributed by atoms with Gasteiger partial charge in [0.15, 0.2) is 11.5 Å². The molecule has 0 amide bonds. The molecular formula is C12H16O4. The minimum absolute atomic E-state index is 0.144. The van der Waals surface area contributed by atoms with Gasteiger partial charge in [0.1, 0.15) is 5.56 Å². The lowest BCUT2D eigenvalue weighted by Gasteiger charge is -2.12. The lowest BCUT2D eigenvalue weighted by Crippen LogP contribution is -2.04. The van der Waals surface area contributed by atoms with E-state index in [1.807, 2.05) is 13.0 Å². The number of methoxy groups -OCH3 is 2. The second-order valence-corrected chi connectivity index (χ2v) is 3.43. The fourth-order valence-electron chi connectivity index (χ4n) is 1.61. The quantitative estimate of drug-likeness (QED) is 0.834. The molecule has 16 heavy (non-hydrogen) atoms. The molecule has 4 nitrogen and oxygen atoms in total. The van der Waals surface area contributed by atoms with Crippen LogP contribution in [0.1, 0.15) is 29.3 Å². The van der Waals surface area contributed by atoms with E-state index < -0.39 is 5.97 Å². The lowest BCUT2D eigenvalue weighted by molar-refractivity contribution is 0.0692. The van der Waals surface area contributed by atoms with Gasteiger partial charge in [-0.3, -0.25) is 0 Å². The summed E-state index contributed by atoms with van der Waals surface area (Å²) >= 11 is 0. The van der Waals surface area contributed by atoms with Crippen LogP contribution in [0.2, 0.25) is 0 Å². The van der Waals surface area contributed by atoms with E-state index in [-0.39, 0.29) is 11.3 Å². The predicted molar refractivity (Wildman–Crippen MR) is 60.5 cm³/mol. The molecule has 1 aromatic rings. The van der Waals surface area contributed by atoms with Crippen LogP contribution < -0.4 is 9.47 Å². The minimum atomic E-state index is -1.01. The predicted octanol–water partition coefficient (Wildman–Crippen LogP) is 2.35. The monoisotopic (exact) mass is 224 g/mol. The number of aryl methyl sites for hydroxylation is 1. The molecule has 0 bridgehead atoms. The highest BCUT2D eigenvalue weighted by molar-refractivity contribution is 5.92. The van der Waals surface area contributed by atoms with Crippen molar-refractivity contribution in [1.29, 1.82) is 0 Å². The molecule has 0 aromatic heterocycles. The van der Waals surface area contributed by atoms with Crippen molar-refractivity contribution >= 4 is 5.97 Å². The first kappa shape index (κ1) is 12.4. The molecule has 1 aromatic carbocycles. The molecule has 0 saturated carbocycles. The molecule has 88 valence electrons. The fourth-order valence-corrected chi connectivity index (χ4v) is 1.61. The summed E-state index contributed by atoms with van der Waals surface area (Å²) in [5.41, 5.74) is 1.09. The van der Waals surface area contributed by atoms with E-state index in [4.69, 9.17) is 14.6 Å². The molecule has 0 spiro atoms. The Hall–Kier alpha value is -1.71. The topological polar surface area (TPSA) is 55.8 Å². The Balaban J connectivity index is 3.31. The summed E-state index contributed by atoms with van der Waals surface area (Å²) in [4.78, 5) is 11.1.